The van der Waals surface area contributed by atoms with Crippen LogP contribution in [0.1, 0.15) is 114 Å². The molecule has 1 aromatic carbocycles. The van der Waals surface area contributed by atoms with E-state index in [1.54, 1.807) is 0 Å². The zero-order valence-corrected chi connectivity index (χ0v) is 22.9. The Morgan fingerprint density at radius 2 is 1.00 bits per heavy atom. The largest absolute Gasteiger partial charge is 0.467 e. The lowest BCUT2D eigenvalue weighted by atomic mass is 9.78. The number of hydrogen-bond acceptors (Lipinski definition) is 4. The third-order valence-corrected chi connectivity index (χ3v) is 4.30. The number of benzene rings is 1. The Labute approximate surface area is 193 Å². The zero-order chi connectivity index (χ0) is 24.7. The minimum absolute atomic E-state index is 0.0744. The van der Waals surface area contributed by atoms with Gasteiger partial charge in [0.25, 0.3) is 0 Å². The smallest absolute Gasteiger partial charge is 0.189 e. The van der Waals surface area contributed by atoms with Gasteiger partial charge in [0, 0.05) is 11.1 Å². The van der Waals surface area contributed by atoms with Crippen LogP contribution in [0.15, 0.2) is 12.1 Å². The topological polar surface area (TPSA) is 36.9 Å². The van der Waals surface area contributed by atoms with Crippen molar-refractivity contribution in [3.05, 3.63) is 28.8 Å². The Balaban J connectivity index is 0.00000436. The van der Waals surface area contributed by atoms with Gasteiger partial charge >= 0.3 is 0 Å². The van der Waals surface area contributed by atoms with Crippen molar-refractivity contribution in [2.24, 2.45) is 0 Å². The molecular formula is C27H50O4. The fourth-order valence-corrected chi connectivity index (χ4v) is 2.68. The normalized spacial score (nSPS) is 13.0. The van der Waals surface area contributed by atoms with Gasteiger partial charge in [-0.05, 0) is 70.1 Å². The monoisotopic (exact) mass is 438 g/mol. The van der Waals surface area contributed by atoms with Crippen molar-refractivity contribution in [3.8, 4) is 5.75 Å². The average Bonchev–Trinajstić information content (AvgIpc) is 2.57. The van der Waals surface area contributed by atoms with Gasteiger partial charge in [-0.2, -0.15) is 0 Å². The van der Waals surface area contributed by atoms with E-state index in [1.807, 2.05) is 55.4 Å². The lowest BCUT2D eigenvalue weighted by Gasteiger charge is -2.31. The van der Waals surface area contributed by atoms with E-state index in [0.29, 0.717) is 6.61 Å². The molecule has 4 heteroatoms. The maximum absolute atomic E-state index is 6.23. The van der Waals surface area contributed by atoms with Crippen molar-refractivity contribution in [2.45, 2.75) is 126 Å². The van der Waals surface area contributed by atoms with E-state index in [1.165, 1.54) is 0 Å². The summed E-state index contributed by atoms with van der Waals surface area (Å²) in [4.78, 5) is 0. The van der Waals surface area contributed by atoms with E-state index in [0.717, 1.165) is 22.4 Å². The molecule has 0 N–H and O–H groups in total. The van der Waals surface area contributed by atoms with Gasteiger partial charge in [-0.25, -0.2) is 0 Å². The van der Waals surface area contributed by atoms with Crippen molar-refractivity contribution >= 4 is 0 Å². The molecule has 31 heavy (non-hydrogen) atoms. The van der Waals surface area contributed by atoms with Crippen LogP contribution >= 0.6 is 0 Å². The Kier molecular flexibility index (Phi) is 11.3. The minimum Gasteiger partial charge on any atom is -0.467 e. The van der Waals surface area contributed by atoms with Crippen molar-refractivity contribution in [3.63, 3.8) is 0 Å². The summed E-state index contributed by atoms with van der Waals surface area (Å²) < 4.78 is 23.6. The summed E-state index contributed by atoms with van der Waals surface area (Å²) in [5.41, 5.74) is 2.85. The molecule has 0 atom stereocenters. The Morgan fingerprint density at radius 3 is 1.35 bits per heavy atom. The van der Waals surface area contributed by atoms with Crippen molar-refractivity contribution in [2.75, 3.05) is 13.6 Å². The van der Waals surface area contributed by atoms with Crippen molar-refractivity contribution in [1.82, 2.24) is 0 Å². The Bertz CT molecular complexity index is 615. The molecule has 0 aliphatic heterocycles. The summed E-state index contributed by atoms with van der Waals surface area (Å²) in [7, 11) is 0. The summed E-state index contributed by atoms with van der Waals surface area (Å²) in [5.74, 6) is 0.920. The molecule has 0 aliphatic carbocycles. The summed E-state index contributed by atoms with van der Waals surface area (Å²) in [6.07, 6.45) is 0. The third kappa shape index (κ3) is 11.9. The third-order valence-electron chi connectivity index (χ3n) is 4.30. The SMILES string of the molecule is CC.CC(C)(C)OCOCc1cc(C(C)(C)C)c(OCOC(C)(C)C)c(C(C)(C)C)c1. The van der Waals surface area contributed by atoms with Crippen LogP contribution in [0.25, 0.3) is 0 Å². The van der Waals surface area contributed by atoms with Crippen LogP contribution in [0, 0.1) is 0 Å². The lowest BCUT2D eigenvalue weighted by Crippen LogP contribution is -2.25. The van der Waals surface area contributed by atoms with Gasteiger partial charge in [0.05, 0.1) is 17.8 Å². The van der Waals surface area contributed by atoms with E-state index < -0.39 is 0 Å². The van der Waals surface area contributed by atoms with Gasteiger partial charge < -0.3 is 18.9 Å². The highest BCUT2D eigenvalue weighted by Gasteiger charge is 2.28. The second-order valence-electron chi connectivity index (χ2n) is 11.8. The van der Waals surface area contributed by atoms with Gasteiger partial charge in [-0.3, -0.25) is 0 Å². The zero-order valence-electron chi connectivity index (χ0n) is 22.9. The Morgan fingerprint density at radius 1 is 0.613 bits per heavy atom. The number of ether oxygens (including phenoxy) is 4. The highest BCUT2D eigenvalue weighted by molar-refractivity contribution is 5.50. The standard InChI is InChI=1S/C25H44O4.C2H6/c1-22(2,3)19-13-18(15-26-16-28-24(7,8)9)14-20(23(4,5)6)21(19)27-17-29-25(10,11)12;1-2/h13-14H,15-17H2,1-12H3;1-2H3. The first-order chi connectivity index (χ1) is 13.9. The van der Waals surface area contributed by atoms with Crippen LogP contribution in [-0.4, -0.2) is 24.8 Å². The molecule has 1 rings (SSSR count). The van der Waals surface area contributed by atoms with Crippen LogP contribution in [0.2, 0.25) is 0 Å². The highest BCUT2D eigenvalue weighted by Crippen LogP contribution is 2.41. The van der Waals surface area contributed by atoms with E-state index in [2.05, 4.69) is 53.7 Å². The first-order valence-corrected chi connectivity index (χ1v) is 11.6. The molecular weight excluding hydrogens is 388 g/mol. The molecule has 0 unspecified atom stereocenters. The molecule has 0 fully saturated rings. The fourth-order valence-electron chi connectivity index (χ4n) is 2.68. The lowest BCUT2D eigenvalue weighted by molar-refractivity contribution is -0.125. The molecule has 0 bridgehead atoms. The predicted octanol–water partition coefficient (Wildman–Crippen LogP) is 7.75. The van der Waals surface area contributed by atoms with Crippen LogP contribution in [0.3, 0.4) is 0 Å². The summed E-state index contributed by atoms with van der Waals surface area (Å²) in [6, 6.07) is 4.39. The van der Waals surface area contributed by atoms with E-state index in [9.17, 15) is 0 Å². The maximum Gasteiger partial charge on any atom is 0.189 e. The number of rotatable bonds is 7. The molecule has 0 saturated carbocycles. The molecule has 0 spiro atoms. The molecule has 0 aromatic heterocycles. The van der Waals surface area contributed by atoms with Crippen LogP contribution in [0.5, 0.6) is 5.75 Å². The predicted molar refractivity (Wildman–Crippen MR) is 132 cm³/mol. The maximum atomic E-state index is 6.23. The molecule has 0 radical (unpaired) electrons. The second-order valence-corrected chi connectivity index (χ2v) is 11.8. The molecule has 0 amide bonds. The average molecular weight is 439 g/mol. The Hall–Kier alpha value is -1.10. The molecule has 0 heterocycles. The van der Waals surface area contributed by atoms with Crippen LogP contribution < -0.4 is 4.74 Å². The van der Waals surface area contributed by atoms with Crippen LogP contribution in [0.4, 0.5) is 0 Å². The summed E-state index contributed by atoms with van der Waals surface area (Å²) in [5, 5.41) is 0. The fraction of sp³-hybridized carbons (Fsp3) is 0.778. The van der Waals surface area contributed by atoms with Gasteiger partial charge in [0.1, 0.15) is 12.5 Å². The quantitative estimate of drug-likeness (QED) is 0.322. The van der Waals surface area contributed by atoms with Gasteiger partial charge in [-0.1, -0.05) is 55.4 Å². The summed E-state index contributed by atoms with van der Waals surface area (Å²) >= 11 is 0. The molecule has 4 nitrogen and oxygen atoms in total. The number of hydrogen-bond donors (Lipinski definition) is 0. The molecule has 0 saturated heterocycles. The molecule has 0 aliphatic rings. The van der Waals surface area contributed by atoms with Crippen molar-refractivity contribution in [1.29, 1.82) is 0 Å². The highest BCUT2D eigenvalue weighted by atomic mass is 16.7. The van der Waals surface area contributed by atoms with E-state index >= 15 is 0 Å². The van der Waals surface area contributed by atoms with E-state index in [-0.39, 0.29) is 35.6 Å². The molecule has 1 aromatic rings. The van der Waals surface area contributed by atoms with Crippen LogP contribution in [-0.2, 0) is 31.6 Å². The van der Waals surface area contributed by atoms with Gasteiger partial charge in [0.2, 0.25) is 0 Å². The summed E-state index contributed by atoms with van der Waals surface area (Å²) in [6.45, 7) is 30.4. The minimum atomic E-state index is -0.245. The van der Waals surface area contributed by atoms with Crippen molar-refractivity contribution < 1.29 is 18.9 Å². The first-order valence-electron chi connectivity index (χ1n) is 11.6. The second kappa shape index (κ2) is 11.7. The van der Waals surface area contributed by atoms with Gasteiger partial charge in [0.15, 0.2) is 6.79 Å². The van der Waals surface area contributed by atoms with E-state index in [4.69, 9.17) is 18.9 Å². The van der Waals surface area contributed by atoms with Gasteiger partial charge in [-0.15, -0.1) is 0 Å². The molecule has 182 valence electrons. The first kappa shape index (κ1) is 29.9.